The van der Waals surface area contributed by atoms with E-state index in [-0.39, 0.29) is 6.04 Å². The fourth-order valence-electron chi connectivity index (χ4n) is 3.33. The summed E-state index contributed by atoms with van der Waals surface area (Å²) < 4.78 is 11.1. The van der Waals surface area contributed by atoms with E-state index in [1.165, 1.54) is 27.8 Å². The third-order valence-electron chi connectivity index (χ3n) is 4.46. The molecule has 1 heterocycles. The molecule has 22 heavy (non-hydrogen) atoms. The second kappa shape index (κ2) is 6.01. The van der Waals surface area contributed by atoms with Crippen molar-refractivity contribution in [2.75, 3.05) is 20.8 Å². The van der Waals surface area contributed by atoms with Gasteiger partial charge in [-0.15, -0.1) is 0 Å². The van der Waals surface area contributed by atoms with Crippen LogP contribution in [0.1, 0.15) is 33.9 Å². The molecule has 1 aliphatic heterocycles. The Kier molecular flexibility index (Phi) is 4.08. The number of hydrogen-bond acceptors (Lipinski definition) is 3. The number of nitrogens with one attached hydrogen (secondary N) is 1. The van der Waals surface area contributed by atoms with Crippen molar-refractivity contribution in [3.05, 3.63) is 58.1 Å². The van der Waals surface area contributed by atoms with Gasteiger partial charge in [0.15, 0.2) is 11.5 Å². The topological polar surface area (TPSA) is 30.5 Å². The molecule has 3 heteroatoms. The predicted molar refractivity (Wildman–Crippen MR) is 89.0 cm³/mol. The van der Waals surface area contributed by atoms with Gasteiger partial charge in [0.05, 0.1) is 20.3 Å². The molecule has 1 N–H and O–H groups in total. The smallest absolute Gasteiger partial charge is 0.164 e. The van der Waals surface area contributed by atoms with Gasteiger partial charge in [0, 0.05) is 12.1 Å². The van der Waals surface area contributed by atoms with E-state index in [2.05, 4.69) is 43.4 Å². The van der Waals surface area contributed by atoms with Gasteiger partial charge in [-0.25, -0.2) is 0 Å². The van der Waals surface area contributed by atoms with Crippen LogP contribution in [-0.2, 0) is 6.42 Å². The van der Waals surface area contributed by atoms with E-state index in [0.717, 1.165) is 24.5 Å². The van der Waals surface area contributed by atoms with Crippen LogP contribution in [0.5, 0.6) is 11.5 Å². The lowest BCUT2D eigenvalue weighted by molar-refractivity contribution is 0.348. The van der Waals surface area contributed by atoms with Crippen molar-refractivity contribution < 1.29 is 9.47 Å². The van der Waals surface area contributed by atoms with Gasteiger partial charge in [-0.1, -0.05) is 29.8 Å². The summed E-state index contributed by atoms with van der Waals surface area (Å²) in [5.74, 6) is 1.68. The second-order valence-corrected chi connectivity index (χ2v) is 5.87. The van der Waals surface area contributed by atoms with Crippen molar-refractivity contribution >= 4 is 0 Å². The lowest BCUT2D eigenvalue weighted by Gasteiger charge is -2.30. The fourth-order valence-corrected chi connectivity index (χ4v) is 3.33. The van der Waals surface area contributed by atoms with Crippen molar-refractivity contribution in [3.63, 3.8) is 0 Å². The predicted octanol–water partition coefficient (Wildman–Crippen LogP) is 3.56. The van der Waals surface area contributed by atoms with Gasteiger partial charge in [-0.3, -0.25) is 0 Å². The maximum Gasteiger partial charge on any atom is 0.164 e. The summed E-state index contributed by atoms with van der Waals surface area (Å²) in [7, 11) is 3.40. The van der Waals surface area contributed by atoms with Gasteiger partial charge in [-0.2, -0.15) is 0 Å². The van der Waals surface area contributed by atoms with E-state index in [9.17, 15) is 0 Å². The molecule has 1 unspecified atom stereocenters. The summed E-state index contributed by atoms with van der Waals surface area (Å²) in [6.07, 6.45) is 0.955. The molecule has 0 saturated heterocycles. The SMILES string of the molecule is COc1ccc2c(c1OC)CCNC2c1cc(C)ccc1C. The van der Waals surface area contributed by atoms with Crippen LogP contribution in [-0.4, -0.2) is 20.8 Å². The zero-order chi connectivity index (χ0) is 15.7. The Morgan fingerprint density at radius 3 is 2.55 bits per heavy atom. The molecule has 0 saturated carbocycles. The molecule has 3 rings (SSSR count). The van der Waals surface area contributed by atoms with Gasteiger partial charge in [-0.05, 0) is 43.0 Å². The minimum Gasteiger partial charge on any atom is -0.493 e. The molecule has 0 amide bonds. The van der Waals surface area contributed by atoms with Crippen molar-refractivity contribution in [1.82, 2.24) is 5.32 Å². The van der Waals surface area contributed by atoms with E-state index < -0.39 is 0 Å². The fraction of sp³-hybridized carbons (Fsp3) is 0.368. The van der Waals surface area contributed by atoms with Crippen LogP contribution in [0.15, 0.2) is 30.3 Å². The van der Waals surface area contributed by atoms with Crippen LogP contribution in [0.4, 0.5) is 0 Å². The van der Waals surface area contributed by atoms with E-state index >= 15 is 0 Å². The molecule has 0 fully saturated rings. The highest BCUT2D eigenvalue weighted by Gasteiger charge is 2.26. The average molecular weight is 297 g/mol. The Labute approximate surface area is 132 Å². The van der Waals surface area contributed by atoms with Gasteiger partial charge in [0.25, 0.3) is 0 Å². The molecule has 2 aromatic carbocycles. The van der Waals surface area contributed by atoms with Crippen molar-refractivity contribution in [2.45, 2.75) is 26.3 Å². The highest BCUT2D eigenvalue weighted by molar-refractivity contribution is 5.55. The van der Waals surface area contributed by atoms with Crippen molar-refractivity contribution in [1.29, 1.82) is 0 Å². The average Bonchev–Trinajstić information content (AvgIpc) is 2.55. The number of ether oxygens (including phenoxy) is 2. The zero-order valence-electron chi connectivity index (χ0n) is 13.7. The van der Waals surface area contributed by atoms with Crippen LogP contribution in [0.25, 0.3) is 0 Å². The summed E-state index contributed by atoms with van der Waals surface area (Å²) in [4.78, 5) is 0. The Morgan fingerprint density at radius 1 is 1.00 bits per heavy atom. The minimum absolute atomic E-state index is 0.212. The molecule has 0 aliphatic carbocycles. The van der Waals surface area contributed by atoms with E-state index in [1.54, 1.807) is 14.2 Å². The van der Waals surface area contributed by atoms with E-state index in [0.29, 0.717) is 0 Å². The molecule has 1 atom stereocenters. The number of rotatable bonds is 3. The zero-order valence-corrected chi connectivity index (χ0v) is 13.7. The number of benzene rings is 2. The van der Waals surface area contributed by atoms with Gasteiger partial charge in [0.2, 0.25) is 0 Å². The summed E-state index contributed by atoms with van der Waals surface area (Å²) in [5.41, 5.74) is 6.48. The third kappa shape index (κ3) is 2.46. The summed E-state index contributed by atoms with van der Waals surface area (Å²) in [6, 6.07) is 11.0. The first-order valence-electron chi connectivity index (χ1n) is 7.70. The highest BCUT2D eigenvalue weighted by atomic mass is 16.5. The van der Waals surface area contributed by atoms with Crippen LogP contribution in [0.3, 0.4) is 0 Å². The molecule has 2 aromatic rings. The lowest BCUT2D eigenvalue weighted by atomic mass is 9.86. The molecule has 116 valence electrons. The molecular weight excluding hydrogens is 274 g/mol. The Balaban J connectivity index is 2.14. The first-order chi connectivity index (χ1) is 10.7. The minimum atomic E-state index is 0.212. The largest absolute Gasteiger partial charge is 0.493 e. The lowest BCUT2D eigenvalue weighted by Crippen LogP contribution is -2.31. The normalized spacial score (nSPS) is 17.0. The Morgan fingerprint density at radius 2 is 1.82 bits per heavy atom. The maximum atomic E-state index is 5.62. The highest BCUT2D eigenvalue weighted by Crippen LogP contribution is 2.40. The van der Waals surface area contributed by atoms with Crippen LogP contribution >= 0.6 is 0 Å². The summed E-state index contributed by atoms with van der Waals surface area (Å²) >= 11 is 0. The monoisotopic (exact) mass is 297 g/mol. The van der Waals surface area contributed by atoms with Crippen molar-refractivity contribution in [2.24, 2.45) is 0 Å². The van der Waals surface area contributed by atoms with Crippen LogP contribution in [0.2, 0.25) is 0 Å². The number of aryl methyl sites for hydroxylation is 2. The van der Waals surface area contributed by atoms with Gasteiger partial charge < -0.3 is 14.8 Å². The molecule has 1 aliphatic rings. The summed E-state index contributed by atoms with van der Waals surface area (Å²) in [6.45, 7) is 5.25. The quantitative estimate of drug-likeness (QED) is 0.939. The first-order valence-corrected chi connectivity index (χ1v) is 7.70. The van der Waals surface area contributed by atoms with E-state index in [4.69, 9.17) is 9.47 Å². The standard InChI is InChI=1S/C19H23NO2/c1-12-5-6-13(2)16(11-12)18-14-7-8-17(21-3)19(22-4)15(14)9-10-20-18/h5-8,11,18,20H,9-10H2,1-4H3. The molecule has 0 spiro atoms. The first kappa shape index (κ1) is 14.9. The molecule has 0 aromatic heterocycles. The molecular formula is C19H23NO2. The Hall–Kier alpha value is -2.00. The van der Waals surface area contributed by atoms with Gasteiger partial charge >= 0.3 is 0 Å². The van der Waals surface area contributed by atoms with Crippen LogP contribution in [0, 0.1) is 13.8 Å². The molecule has 0 bridgehead atoms. The second-order valence-electron chi connectivity index (χ2n) is 5.87. The molecule has 0 radical (unpaired) electrons. The van der Waals surface area contributed by atoms with Gasteiger partial charge in [0.1, 0.15) is 0 Å². The summed E-state index contributed by atoms with van der Waals surface area (Å²) in [5, 5.41) is 3.65. The number of methoxy groups -OCH3 is 2. The number of hydrogen-bond donors (Lipinski definition) is 1. The Bertz CT molecular complexity index is 694. The number of fused-ring (bicyclic) bond motifs is 1. The van der Waals surface area contributed by atoms with Crippen molar-refractivity contribution in [3.8, 4) is 11.5 Å². The molecule has 3 nitrogen and oxygen atoms in total. The third-order valence-corrected chi connectivity index (χ3v) is 4.46. The van der Waals surface area contributed by atoms with E-state index in [1.807, 2.05) is 6.07 Å². The maximum absolute atomic E-state index is 5.62. The van der Waals surface area contributed by atoms with Crippen LogP contribution < -0.4 is 14.8 Å².